The lowest BCUT2D eigenvalue weighted by atomic mass is 10.2. The first-order chi connectivity index (χ1) is 13.6. The van der Waals surface area contributed by atoms with Crippen LogP contribution in [0.5, 0.6) is 5.75 Å². The number of nitrogens with zero attached hydrogens (tertiary/aromatic N) is 3. The van der Waals surface area contributed by atoms with Crippen LogP contribution in [-0.2, 0) is 6.73 Å². The predicted octanol–water partition coefficient (Wildman–Crippen LogP) is 5.03. The Morgan fingerprint density at radius 3 is 2.79 bits per heavy atom. The Morgan fingerprint density at radius 1 is 1.07 bits per heavy atom. The largest absolute Gasteiger partial charge is 0.470 e. The van der Waals surface area contributed by atoms with Gasteiger partial charge in [0.05, 0.1) is 16.2 Å². The Balaban J connectivity index is 1.46. The van der Waals surface area contributed by atoms with E-state index in [-0.39, 0.29) is 18.3 Å². The van der Waals surface area contributed by atoms with Gasteiger partial charge in [-0.25, -0.2) is 4.68 Å². The lowest BCUT2D eigenvalue weighted by molar-refractivity contribution is 0.102. The van der Waals surface area contributed by atoms with Crippen LogP contribution in [0.1, 0.15) is 10.5 Å². The normalized spacial score (nSPS) is 10.8. The number of anilines is 1. The molecule has 0 radical (unpaired) electrons. The van der Waals surface area contributed by atoms with Gasteiger partial charge < -0.3 is 10.1 Å². The fourth-order valence-corrected chi connectivity index (χ4v) is 3.02. The molecule has 0 saturated carbocycles. The quantitative estimate of drug-likeness (QED) is 0.499. The van der Waals surface area contributed by atoms with Gasteiger partial charge in [0, 0.05) is 17.8 Å². The van der Waals surface area contributed by atoms with Gasteiger partial charge in [-0.3, -0.25) is 9.78 Å². The van der Waals surface area contributed by atoms with Crippen molar-refractivity contribution in [2.75, 3.05) is 5.32 Å². The van der Waals surface area contributed by atoms with Crippen molar-refractivity contribution in [2.24, 2.45) is 0 Å². The molecule has 0 fully saturated rings. The molecule has 4 aromatic rings. The molecule has 0 bridgehead atoms. The van der Waals surface area contributed by atoms with Gasteiger partial charge in [-0.05, 0) is 30.3 Å². The molecule has 0 aliphatic carbocycles. The Labute approximate surface area is 170 Å². The second kappa shape index (κ2) is 7.88. The molecule has 0 spiro atoms. The summed E-state index contributed by atoms with van der Waals surface area (Å²) in [7, 11) is 0. The molecule has 2 heterocycles. The summed E-state index contributed by atoms with van der Waals surface area (Å²) in [6.45, 7) is 0.0865. The monoisotopic (exact) mass is 412 g/mol. The Bertz CT molecular complexity index is 1150. The third-order valence-electron chi connectivity index (χ3n) is 4.02. The minimum Gasteiger partial charge on any atom is -0.470 e. The van der Waals surface area contributed by atoms with Gasteiger partial charge in [0.15, 0.2) is 12.4 Å². The number of fused-ring (bicyclic) bond motifs is 1. The third-order valence-corrected chi connectivity index (χ3v) is 4.82. The summed E-state index contributed by atoms with van der Waals surface area (Å²) in [5.41, 5.74) is 1.60. The van der Waals surface area contributed by atoms with Crippen LogP contribution in [0.3, 0.4) is 0 Å². The van der Waals surface area contributed by atoms with E-state index in [1.54, 1.807) is 42.7 Å². The molecule has 2 aromatic carbocycles. The number of nitrogens with one attached hydrogen (secondary N) is 1. The Hall–Kier alpha value is -3.09. The topological polar surface area (TPSA) is 69.0 Å². The highest BCUT2D eigenvalue weighted by molar-refractivity contribution is 6.42. The summed E-state index contributed by atoms with van der Waals surface area (Å²) in [4.78, 5) is 16.9. The van der Waals surface area contributed by atoms with Gasteiger partial charge in [0.2, 0.25) is 0 Å². The fraction of sp³-hybridized carbons (Fsp3) is 0.0500. The van der Waals surface area contributed by atoms with E-state index in [1.807, 2.05) is 24.3 Å². The zero-order valence-electron chi connectivity index (χ0n) is 14.5. The van der Waals surface area contributed by atoms with Crippen molar-refractivity contribution in [1.82, 2.24) is 14.8 Å². The number of para-hydroxylation sites is 1. The highest BCUT2D eigenvalue weighted by Gasteiger charge is 2.13. The Morgan fingerprint density at radius 2 is 1.89 bits per heavy atom. The molecule has 140 valence electrons. The summed E-state index contributed by atoms with van der Waals surface area (Å²) in [5.74, 6) is 0.107. The molecule has 28 heavy (non-hydrogen) atoms. The van der Waals surface area contributed by atoms with Crippen molar-refractivity contribution < 1.29 is 9.53 Å². The van der Waals surface area contributed by atoms with Crippen LogP contribution in [0.15, 0.2) is 67.0 Å². The molecule has 0 saturated heterocycles. The summed E-state index contributed by atoms with van der Waals surface area (Å²) in [5, 5.41) is 8.76. The molecule has 0 aliphatic heterocycles. The Kier molecular flexibility index (Phi) is 5.14. The average molecular weight is 413 g/mol. The molecular formula is C20H14Cl2N4O2. The first kappa shape index (κ1) is 18.3. The third kappa shape index (κ3) is 3.78. The van der Waals surface area contributed by atoms with Crippen LogP contribution in [0, 0.1) is 0 Å². The smallest absolute Gasteiger partial charge is 0.276 e. The highest BCUT2D eigenvalue weighted by Crippen LogP contribution is 2.31. The molecule has 1 N–H and O–H groups in total. The number of ether oxygens (including phenoxy) is 1. The van der Waals surface area contributed by atoms with Crippen LogP contribution in [0.4, 0.5) is 5.69 Å². The molecule has 1 amide bonds. The van der Waals surface area contributed by atoms with Crippen LogP contribution in [0.25, 0.3) is 10.9 Å². The van der Waals surface area contributed by atoms with Crippen LogP contribution >= 0.6 is 23.2 Å². The summed E-state index contributed by atoms with van der Waals surface area (Å²) >= 11 is 12.1. The van der Waals surface area contributed by atoms with E-state index in [2.05, 4.69) is 15.4 Å². The predicted molar refractivity (Wildman–Crippen MR) is 109 cm³/mol. The van der Waals surface area contributed by atoms with E-state index in [9.17, 15) is 4.79 Å². The van der Waals surface area contributed by atoms with E-state index in [1.165, 1.54) is 4.68 Å². The van der Waals surface area contributed by atoms with E-state index < -0.39 is 0 Å². The standard InChI is InChI=1S/C20H14Cl2N4O2/c21-14-6-2-8-17(18(14)22)28-12-26-11-9-16(25-26)20(27)24-15-7-1-4-13-5-3-10-23-19(13)15/h1-11H,12H2,(H,24,27). The molecule has 8 heteroatoms. The zero-order chi connectivity index (χ0) is 19.5. The van der Waals surface area contributed by atoms with E-state index in [4.69, 9.17) is 27.9 Å². The lowest BCUT2D eigenvalue weighted by Crippen LogP contribution is -2.14. The van der Waals surface area contributed by atoms with Crippen molar-refractivity contribution in [3.05, 3.63) is 82.7 Å². The van der Waals surface area contributed by atoms with Crippen molar-refractivity contribution in [2.45, 2.75) is 6.73 Å². The molecule has 0 unspecified atom stereocenters. The van der Waals surface area contributed by atoms with Crippen LogP contribution in [-0.4, -0.2) is 20.7 Å². The second-order valence-corrected chi connectivity index (χ2v) is 6.69. The van der Waals surface area contributed by atoms with Crippen molar-refractivity contribution in [1.29, 1.82) is 0 Å². The van der Waals surface area contributed by atoms with Gasteiger partial charge in [0.25, 0.3) is 5.91 Å². The molecule has 0 aliphatic rings. The van der Waals surface area contributed by atoms with Crippen molar-refractivity contribution in [3.63, 3.8) is 0 Å². The fourth-order valence-electron chi connectivity index (χ4n) is 2.68. The van der Waals surface area contributed by atoms with Gasteiger partial charge >= 0.3 is 0 Å². The van der Waals surface area contributed by atoms with Gasteiger partial charge in [-0.1, -0.05) is 47.5 Å². The number of aromatic nitrogens is 3. The number of amides is 1. The first-order valence-electron chi connectivity index (χ1n) is 8.37. The molecule has 6 nitrogen and oxygen atoms in total. The number of hydrogen-bond donors (Lipinski definition) is 1. The summed E-state index contributed by atoms with van der Waals surface area (Å²) < 4.78 is 7.11. The number of hydrogen-bond acceptors (Lipinski definition) is 4. The maximum atomic E-state index is 12.6. The molecular weight excluding hydrogens is 399 g/mol. The number of halogens is 2. The van der Waals surface area contributed by atoms with Crippen molar-refractivity contribution >= 4 is 45.7 Å². The lowest BCUT2D eigenvalue weighted by Gasteiger charge is -2.09. The average Bonchev–Trinajstić information content (AvgIpc) is 3.19. The van der Waals surface area contributed by atoms with Gasteiger partial charge in [-0.2, -0.15) is 5.10 Å². The first-order valence-corrected chi connectivity index (χ1v) is 9.13. The minimum atomic E-state index is -0.335. The molecule has 0 atom stereocenters. The number of pyridine rings is 1. The highest BCUT2D eigenvalue weighted by atomic mass is 35.5. The summed E-state index contributed by atoms with van der Waals surface area (Å²) in [6.07, 6.45) is 3.33. The SMILES string of the molecule is O=C(Nc1cccc2cccnc12)c1ccn(COc2cccc(Cl)c2Cl)n1. The van der Waals surface area contributed by atoms with E-state index in [0.29, 0.717) is 21.5 Å². The van der Waals surface area contributed by atoms with Crippen LogP contribution < -0.4 is 10.1 Å². The van der Waals surface area contributed by atoms with E-state index >= 15 is 0 Å². The van der Waals surface area contributed by atoms with Crippen LogP contribution in [0.2, 0.25) is 10.0 Å². The molecule has 4 rings (SSSR count). The zero-order valence-corrected chi connectivity index (χ0v) is 16.0. The minimum absolute atomic E-state index is 0.0865. The van der Waals surface area contributed by atoms with Gasteiger partial charge in [0.1, 0.15) is 10.8 Å². The number of benzene rings is 2. The maximum Gasteiger partial charge on any atom is 0.276 e. The summed E-state index contributed by atoms with van der Waals surface area (Å²) in [6, 6.07) is 16.1. The van der Waals surface area contributed by atoms with Gasteiger partial charge in [-0.15, -0.1) is 0 Å². The van der Waals surface area contributed by atoms with E-state index in [0.717, 1.165) is 10.9 Å². The number of carbonyl (C=O) groups excluding carboxylic acids is 1. The molecule has 2 aromatic heterocycles. The number of carbonyl (C=O) groups is 1. The number of rotatable bonds is 5. The van der Waals surface area contributed by atoms with Crippen molar-refractivity contribution in [3.8, 4) is 5.75 Å². The maximum absolute atomic E-state index is 12.6. The second-order valence-electron chi connectivity index (χ2n) is 5.90.